The van der Waals surface area contributed by atoms with Crippen molar-refractivity contribution >= 4 is 5.57 Å². The van der Waals surface area contributed by atoms with Crippen LogP contribution in [0.3, 0.4) is 0 Å². The van der Waals surface area contributed by atoms with E-state index in [1.165, 1.54) is 12.0 Å². The SMILES string of the molecule is CC1(C)CCC=C1c1ccccc1O. The summed E-state index contributed by atoms with van der Waals surface area (Å²) in [5.41, 5.74) is 2.49. The molecular formula is C13H16O. The highest BCUT2D eigenvalue weighted by atomic mass is 16.3. The lowest BCUT2D eigenvalue weighted by Crippen LogP contribution is -2.08. The minimum absolute atomic E-state index is 0.207. The number of benzene rings is 1. The van der Waals surface area contributed by atoms with Gasteiger partial charge in [-0.2, -0.15) is 0 Å². The van der Waals surface area contributed by atoms with E-state index in [-0.39, 0.29) is 5.41 Å². The maximum absolute atomic E-state index is 9.76. The molecule has 1 aliphatic carbocycles. The van der Waals surface area contributed by atoms with Gasteiger partial charge in [0, 0.05) is 5.56 Å². The number of rotatable bonds is 1. The Kier molecular flexibility index (Phi) is 2.10. The Morgan fingerprint density at radius 1 is 1.21 bits per heavy atom. The molecular weight excluding hydrogens is 172 g/mol. The third-order valence-corrected chi connectivity index (χ3v) is 3.04. The van der Waals surface area contributed by atoms with Gasteiger partial charge < -0.3 is 5.11 Å². The molecule has 1 nitrogen and oxygen atoms in total. The number of hydrogen-bond acceptors (Lipinski definition) is 1. The highest BCUT2D eigenvalue weighted by Crippen LogP contribution is 2.46. The Bertz CT molecular complexity index is 375. The Balaban J connectivity index is 2.46. The molecule has 0 atom stereocenters. The van der Waals surface area contributed by atoms with E-state index in [1.807, 2.05) is 18.2 Å². The molecule has 1 aromatic rings. The Morgan fingerprint density at radius 3 is 2.50 bits per heavy atom. The standard InChI is InChI=1S/C13H16O/c1-13(2)9-5-7-11(13)10-6-3-4-8-12(10)14/h3-4,6-8,14H,5,9H2,1-2H3. The second-order valence-corrected chi connectivity index (χ2v) is 4.56. The fourth-order valence-corrected chi connectivity index (χ4v) is 2.16. The molecule has 0 amide bonds. The van der Waals surface area contributed by atoms with Gasteiger partial charge >= 0.3 is 0 Å². The van der Waals surface area contributed by atoms with E-state index in [4.69, 9.17) is 0 Å². The summed E-state index contributed by atoms with van der Waals surface area (Å²) < 4.78 is 0. The zero-order valence-electron chi connectivity index (χ0n) is 8.75. The number of phenols is 1. The molecule has 0 radical (unpaired) electrons. The highest BCUT2D eigenvalue weighted by molar-refractivity contribution is 5.75. The van der Waals surface area contributed by atoms with E-state index in [0.717, 1.165) is 12.0 Å². The fourth-order valence-electron chi connectivity index (χ4n) is 2.16. The normalized spacial score (nSPS) is 19.4. The lowest BCUT2D eigenvalue weighted by atomic mass is 9.82. The van der Waals surface area contributed by atoms with Gasteiger partial charge in [0.2, 0.25) is 0 Å². The number of para-hydroxylation sites is 1. The van der Waals surface area contributed by atoms with Crippen molar-refractivity contribution in [2.45, 2.75) is 26.7 Å². The first-order valence-electron chi connectivity index (χ1n) is 5.10. The van der Waals surface area contributed by atoms with E-state index < -0.39 is 0 Å². The summed E-state index contributed by atoms with van der Waals surface area (Å²) in [6.07, 6.45) is 4.54. The van der Waals surface area contributed by atoms with E-state index in [9.17, 15) is 5.11 Å². The Hall–Kier alpha value is -1.24. The molecule has 1 aliphatic rings. The maximum atomic E-state index is 9.76. The molecule has 0 spiro atoms. The molecule has 1 N–H and O–H groups in total. The van der Waals surface area contributed by atoms with E-state index in [1.54, 1.807) is 6.07 Å². The van der Waals surface area contributed by atoms with E-state index >= 15 is 0 Å². The highest BCUT2D eigenvalue weighted by Gasteiger charge is 2.29. The van der Waals surface area contributed by atoms with Crippen molar-refractivity contribution in [3.63, 3.8) is 0 Å². The van der Waals surface area contributed by atoms with Crippen LogP contribution in [0.4, 0.5) is 0 Å². The van der Waals surface area contributed by atoms with Crippen molar-refractivity contribution in [2.75, 3.05) is 0 Å². The summed E-state index contributed by atoms with van der Waals surface area (Å²) in [7, 11) is 0. The lowest BCUT2D eigenvalue weighted by molar-refractivity contribution is 0.461. The molecule has 0 unspecified atom stereocenters. The predicted molar refractivity (Wildman–Crippen MR) is 59.1 cm³/mol. The van der Waals surface area contributed by atoms with Crippen LogP contribution in [0.1, 0.15) is 32.3 Å². The van der Waals surface area contributed by atoms with E-state index in [2.05, 4.69) is 19.9 Å². The molecule has 0 aromatic heterocycles. The summed E-state index contributed by atoms with van der Waals surface area (Å²) in [4.78, 5) is 0. The van der Waals surface area contributed by atoms with Crippen LogP contribution in [0, 0.1) is 5.41 Å². The van der Waals surface area contributed by atoms with Crippen molar-refractivity contribution < 1.29 is 5.11 Å². The number of allylic oxidation sites excluding steroid dienone is 2. The molecule has 0 aliphatic heterocycles. The minimum Gasteiger partial charge on any atom is -0.507 e. The number of phenolic OH excluding ortho intramolecular Hbond substituents is 1. The first-order chi connectivity index (χ1) is 6.61. The van der Waals surface area contributed by atoms with Gasteiger partial charge in [0.05, 0.1) is 0 Å². The van der Waals surface area contributed by atoms with Crippen molar-refractivity contribution in [3.8, 4) is 5.75 Å². The van der Waals surface area contributed by atoms with Gasteiger partial charge in [-0.15, -0.1) is 0 Å². The van der Waals surface area contributed by atoms with Gasteiger partial charge in [-0.1, -0.05) is 38.1 Å². The van der Waals surface area contributed by atoms with Crippen LogP contribution >= 0.6 is 0 Å². The van der Waals surface area contributed by atoms with Gasteiger partial charge in [0.25, 0.3) is 0 Å². The van der Waals surface area contributed by atoms with Crippen LogP contribution in [-0.4, -0.2) is 5.11 Å². The van der Waals surface area contributed by atoms with Gasteiger partial charge in [-0.05, 0) is 29.9 Å². The summed E-state index contributed by atoms with van der Waals surface area (Å²) in [5, 5.41) is 9.76. The van der Waals surface area contributed by atoms with Crippen LogP contribution in [0.25, 0.3) is 5.57 Å². The summed E-state index contributed by atoms with van der Waals surface area (Å²) in [5.74, 6) is 0.397. The number of aromatic hydroxyl groups is 1. The zero-order chi connectivity index (χ0) is 10.2. The van der Waals surface area contributed by atoms with Crippen LogP contribution in [0.15, 0.2) is 30.3 Å². The molecule has 0 saturated carbocycles. The molecule has 0 bridgehead atoms. The third kappa shape index (κ3) is 1.43. The fraction of sp³-hybridized carbons (Fsp3) is 0.385. The summed E-state index contributed by atoms with van der Waals surface area (Å²) >= 11 is 0. The molecule has 0 heterocycles. The second kappa shape index (κ2) is 3.16. The summed E-state index contributed by atoms with van der Waals surface area (Å²) in [6.45, 7) is 4.47. The Morgan fingerprint density at radius 2 is 1.93 bits per heavy atom. The smallest absolute Gasteiger partial charge is 0.123 e. The molecule has 74 valence electrons. The monoisotopic (exact) mass is 188 g/mol. The topological polar surface area (TPSA) is 20.2 Å². The second-order valence-electron chi connectivity index (χ2n) is 4.56. The molecule has 1 heteroatoms. The maximum Gasteiger partial charge on any atom is 0.123 e. The summed E-state index contributed by atoms with van der Waals surface area (Å²) in [6, 6.07) is 7.59. The van der Waals surface area contributed by atoms with Crippen molar-refractivity contribution in [2.24, 2.45) is 5.41 Å². The quantitative estimate of drug-likeness (QED) is 0.714. The Labute approximate surface area is 85.1 Å². The van der Waals surface area contributed by atoms with Crippen LogP contribution in [0.5, 0.6) is 5.75 Å². The first kappa shape index (κ1) is 9.32. The van der Waals surface area contributed by atoms with Crippen molar-refractivity contribution in [1.82, 2.24) is 0 Å². The number of hydrogen-bond donors (Lipinski definition) is 1. The van der Waals surface area contributed by atoms with Crippen LogP contribution in [0.2, 0.25) is 0 Å². The van der Waals surface area contributed by atoms with E-state index in [0.29, 0.717) is 5.75 Å². The van der Waals surface area contributed by atoms with Crippen molar-refractivity contribution in [1.29, 1.82) is 0 Å². The minimum atomic E-state index is 0.207. The van der Waals surface area contributed by atoms with Gasteiger partial charge in [0.1, 0.15) is 5.75 Å². The molecule has 1 aromatic carbocycles. The van der Waals surface area contributed by atoms with Gasteiger partial charge in [-0.3, -0.25) is 0 Å². The molecule has 2 rings (SSSR count). The average molecular weight is 188 g/mol. The molecule has 0 saturated heterocycles. The van der Waals surface area contributed by atoms with Crippen LogP contribution in [-0.2, 0) is 0 Å². The third-order valence-electron chi connectivity index (χ3n) is 3.04. The van der Waals surface area contributed by atoms with Gasteiger partial charge in [0.15, 0.2) is 0 Å². The lowest BCUT2D eigenvalue weighted by Gasteiger charge is -2.23. The van der Waals surface area contributed by atoms with Gasteiger partial charge in [-0.25, -0.2) is 0 Å². The first-order valence-corrected chi connectivity index (χ1v) is 5.10. The average Bonchev–Trinajstić information content (AvgIpc) is 2.46. The molecule has 14 heavy (non-hydrogen) atoms. The van der Waals surface area contributed by atoms with Crippen LogP contribution < -0.4 is 0 Å². The molecule has 0 fully saturated rings. The predicted octanol–water partition coefficient (Wildman–Crippen LogP) is 3.60. The van der Waals surface area contributed by atoms with Crippen molar-refractivity contribution in [3.05, 3.63) is 35.9 Å². The zero-order valence-corrected chi connectivity index (χ0v) is 8.75. The largest absolute Gasteiger partial charge is 0.507 e.